The molecule has 5 heteroatoms. The van der Waals surface area contributed by atoms with Crippen LogP contribution in [0, 0.1) is 24.1 Å². The molecule has 0 fully saturated rings. The molecule has 0 aliphatic carbocycles. The van der Waals surface area contributed by atoms with Crippen LogP contribution in [0.25, 0.3) is 0 Å². The van der Waals surface area contributed by atoms with E-state index in [-0.39, 0.29) is 12.4 Å². The predicted molar refractivity (Wildman–Crippen MR) is 89.3 cm³/mol. The second-order valence-electron chi connectivity index (χ2n) is 5.18. The van der Waals surface area contributed by atoms with Crippen molar-refractivity contribution in [2.75, 3.05) is 7.05 Å². The molecule has 0 aliphatic heterocycles. The van der Waals surface area contributed by atoms with Crippen molar-refractivity contribution in [2.24, 2.45) is 4.99 Å². The van der Waals surface area contributed by atoms with Crippen LogP contribution in [0.4, 0.5) is 4.39 Å². The number of hydrogen-bond acceptors (Lipinski definition) is 2. The Morgan fingerprint density at radius 2 is 1.83 bits per heavy atom. The quantitative estimate of drug-likeness (QED) is 0.674. The number of nitrogens with one attached hydrogen (secondary N) is 2. The number of guanidine groups is 1. The van der Waals surface area contributed by atoms with Crippen LogP contribution in [-0.2, 0) is 13.1 Å². The van der Waals surface area contributed by atoms with Gasteiger partial charge in [0.15, 0.2) is 5.96 Å². The zero-order valence-corrected chi connectivity index (χ0v) is 13.2. The van der Waals surface area contributed by atoms with Gasteiger partial charge in [-0.2, -0.15) is 5.26 Å². The number of rotatable bonds is 4. The van der Waals surface area contributed by atoms with Crippen LogP contribution in [0.15, 0.2) is 47.5 Å². The fourth-order valence-electron chi connectivity index (χ4n) is 2.07. The van der Waals surface area contributed by atoms with Crippen molar-refractivity contribution in [3.8, 4) is 6.07 Å². The molecule has 0 heterocycles. The second kappa shape index (κ2) is 7.95. The van der Waals surface area contributed by atoms with Crippen molar-refractivity contribution in [3.63, 3.8) is 0 Å². The van der Waals surface area contributed by atoms with E-state index >= 15 is 0 Å². The summed E-state index contributed by atoms with van der Waals surface area (Å²) in [5, 5.41) is 15.1. The molecule has 0 atom stereocenters. The lowest BCUT2D eigenvalue weighted by molar-refractivity contribution is 0.604. The first-order valence-corrected chi connectivity index (χ1v) is 7.31. The molecule has 0 radical (unpaired) electrons. The molecule has 118 valence electrons. The average molecular weight is 310 g/mol. The summed E-state index contributed by atoms with van der Waals surface area (Å²) < 4.78 is 13.7. The minimum absolute atomic E-state index is 0.259. The van der Waals surface area contributed by atoms with Crippen LogP contribution in [0.5, 0.6) is 0 Å². The van der Waals surface area contributed by atoms with Crippen LogP contribution < -0.4 is 10.6 Å². The summed E-state index contributed by atoms with van der Waals surface area (Å²) in [4.78, 5) is 4.11. The summed E-state index contributed by atoms with van der Waals surface area (Å²) in [5.74, 6) is 0.234. The van der Waals surface area contributed by atoms with Gasteiger partial charge in [0.2, 0.25) is 0 Å². The summed E-state index contributed by atoms with van der Waals surface area (Å²) in [5.41, 5.74) is 3.22. The largest absolute Gasteiger partial charge is 0.352 e. The maximum atomic E-state index is 13.7. The number of aliphatic imine (C=N–C) groups is 1. The molecule has 2 rings (SSSR count). The van der Waals surface area contributed by atoms with Crippen molar-refractivity contribution in [1.82, 2.24) is 10.6 Å². The lowest BCUT2D eigenvalue weighted by atomic mass is 10.1. The average Bonchev–Trinajstić information content (AvgIpc) is 2.58. The normalized spacial score (nSPS) is 11.0. The van der Waals surface area contributed by atoms with Gasteiger partial charge < -0.3 is 10.6 Å². The van der Waals surface area contributed by atoms with Crippen LogP contribution in [0.3, 0.4) is 0 Å². The maximum absolute atomic E-state index is 13.7. The number of halogens is 1. The molecular weight excluding hydrogens is 291 g/mol. The second-order valence-corrected chi connectivity index (χ2v) is 5.18. The van der Waals surface area contributed by atoms with Gasteiger partial charge in [0.1, 0.15) is 5.82 Å². The summed E-state index contributed by atoms with van der Waals surface area (Å²) >= 11 is 0. The van der Waals surface area contributed by atoms with E-state index in [9.17, 15) is 4.39 Å². The lowest BCUT2D eigenvalue weighted by Gasteiger charge is -2.12. The molecule has 0 aromatic heterocycles. The van der Waals surface area contributed by atoms with Crippen LogP contribution >= 0.6 is 0 Å². The van der Waals surface area contributed by atoms with Crippen LogP contribution in [0.2, 0.25) is 0 Å². The monoisotopic (exact) mass is 310 g/mol. The van der Waals surface area contributed by atoms with Crippen LogP contribution in [-0.4, -0.2) is 13.0 Å². The van der Waals surface area contributed by atoms with Gasteiger partial charge in [0.25, 0.3) is 0 Å². The highest BCUT2D eigenvalue weighted by atomic mass is 19.1. The van der Waals surface area contributed by atoms with E-state index in [2.05, 4.69) is 27.8 Å². The zero-order chi connectivity index (χ0) is 16.7. The third-order valence-electron chi connectivity index (χ3n) is 3.43. The molecule has 0 saturated heterocycles. The Balaban J connectivity index is 1.93. The van der Waals surface area contributed by atoms with Crippen molar-refractivity contribution < 1.29 is 4.39 Å². The number of aryl methyl sites for hydroxylation is 1. The van der Waals surface area contributed by atoms with Crippen molar-refractivity contribution in [3.05, 3.63) is 70.5 Å². The third kappa shape index (κ3) is 4.82. The standard InChI is InChI=1S/C18H19FN4/c1-13-3-5-14(6-4-13)11-22-18(21-2)23-12-16-9-15(10-20)7-8-17(16)19/h3-9H,11-12H2,1-2H3,(H2,21,22,23). The molecule has 2 aromatic rings. The van der Waals surface area contributed by atoms with E-state index in [4.69, 9.17) is 5.26 Å². The van der Waals surface area contributed by atoms with Gasteiger partial charge in [0.05, 0.1) is 11.6 Å². The van der Waals surface area contributed by atoms with E-state index in [0.29, 0.717) is 23.6 Å². The van der Waals surface area contributed by atoms with E-state index in [1.807, 2.05) is 25.1 Å². The summed E-state index contributed by atoms with van der Waals surface area (Å²) in [6.45, 7) is 2.93. The summed E-state index contributed by atoms with van der Waals surface area (Å²) in [6.07, 6.45) is 0. The Labute approximate surface area is 135 Å². The van der Waals surface area contributed by atoms with Gasteiger partial charge in [-0.3, -0.25) is 4.99 Å². The minimum atomic E-state index is -0.342. The molecule has 0 saturated carbocycles. The van der Waals surface area contributed by atoms with Gasteiger partial charge >= 0.3 is 0 Å². The molecule has 0 amide bonds. The van der Waals surface area contributed by atoms with E-state index in [1.165, 1.54) is 23.8 Å². The molecule has 0 unspecified atom stereocenters. The Hall–Kier alpha value is -2.87. The van der Waals surface area contributed by atoms with Crippen molar-refractivity contribution >= 4 is 5.96 Å². The van der Waals surface area contributed by atoms with E-state index < -0.39 is 0 Å². The van der Waals surface area contributed by atoms with Crippen molar-refractivity contribution in [1.29, 1.82) is 5.26 Å². The van der Waals surface area contributed by atoms with E-state index in [0.717, 1.165) is 5.56 Å². The molecular formula is C18H19FN4. The summed E-state index contributed by atoms with van der Waals surface area (Å²) in [7, 11) is 1.66. The lowest BCUT2D eigenvalue weighted by Crippen LogP contribution is -2.36. The minimum Gasteiger partial charge on any atom is -0.352 e. The van der Waals surface area contributed by atoms with Gasteiger partial charge in [0, 0.05) is 25.7 Å². The Bertz CT molecular complexity index is 730. The first kappa shape index (κ1) is 16.5. The molecule has 2 N–H and O–H groups in total. The van der Waals surface area contributed by atoms with Crippen LogP contribution in [0.1, 0.15) is 22.3 Å². The Morgan fingerprint density at radius 1 is 1.13 bits per heavy atom. The van der Waals surface area contributed by atoms with Gasteiger partial charge in [-0.1, -0.05) is 29.8 Å². The first-order chi connectivity index (χ1) is 11.1. The van der Waals surface area contributed by atoms with E-state index in [1.54, 1.807) is 7.05 Å². The Kier molecular flexibility index (Phi) is 5.70. The van der Waals surface area contributed by atoms with Gasteiger partial charge in [-0.25, -0.2) is 4.39 Å². The zero-order valence-electron chi connectivity index (χ0n) is 13.2. The maximum Gasteiger partial charge on any atom is 0.191 e. The first-order valence-electron chi connectivity index (χ1n) is 7.31. The molecule has 23 heavy (non-hydrogen) atoms. The topological polar surface area (TPSA) is 60.2 Å². The van der Waals surface area contributed by atoms with Gasteiger partial charge in [-0.15, -0.1) is 0 Å². The smallest absolute Gasteiger partial charge is 0.191 e. The van der Waals surface area contributed by atoms with Gasteiger partial charge in [-0.05, 0) is 30.7 Å². The number of nitriles is 1. The fourth-order valence-corrected chi connectivity index (χ4v) is 2.07. The SMILES string of the molecule is CN=C(NCc1ccc(C)cc1)NCc1cc(C#N)ccc1F. The Morgan fingerprint density at radius 3 is 2.48 bits per heavy atom. The molecule has 4 nitrogen and oxygen atoms in total. The number of nitrogens with zero attached hydrogens (tertiary/aromatic N) is 2. The highest BCUT2D eigenvalue weighted by molar-refractivity contribution is 5.79. The highest BCUT2D eigenvalue weighted by Gasteiger charge is 2.05. The molecule has 0 aliphatic rings. The predicted octanol–water partition coefficient (Wildman–Crippen LogP) is 2.87. The third-order valence-corrected chi connectivity index (χ3v) is 3.43. The number of benzene rings is 2. The summed E-state index contributed by atoms with van der Waals surface area (Å²) in [6, 6.07) is 14.5. The molecule has 0 spiro atoms. The molecule has 2 aromatic carbocycles. The number of hydrogen-bond donors (Lipinski definition) is 2. The highest BCUT2D eigenvalue weighted by Crippen LogP contribution is 2.09. The molecule has 0 bridgehead atoms. The fraction of sp³-hybridized carbons (Fsp3) is 0.222. The van der Waals surface area contributed by atoms with Crippen molar-refractivity contribution in [2.45, 2.75) is 20.0 Å².